The SMILES string of the molecule is C=CCN1C[C@@H](OC(C)=O)[C@@H](OCc2ccccc2)[C@H](OCc2ccccc2)[C@@H]1COC(C)=O. The number of piperidine rings is 1. The first-order chi connectivity index (χ1) is 16.5. The van der Waals surface area contributed by atoms with Gasteiger partial charge in [-0.25, -0.2) is 0 Å². The van der Waals surface area contributed by atoms with E-state index in [2.05, 4.69) is 11.5 Å². The quantitative estimate of drug-likeness (QED) is 0.370. The number of likely N-dealkylation sites (tertiary alicyclic amines) is 1. The van der Waals surface area contributed by atoms with Crippen molar-refractivity contribution in [2.75, 3.05) is 19.7 Å². The first-order valence-electron chi connectivity index (χ1n) is 11.4. The normalized spacial score (nSPS) is 22.6. The van der Waals surface area contributed by atoms with E-state index in [1.807, 2.05) is 60.7 Å². The van der Waals surface area contributed by atoms with E-state index in [0.29, 0.717) is 26.3 Å². The van der Waals surface area contributed by atoms with Gasteiger partial charge in [-0.05, 0) is 11.1 Å². The van der Waals surface area contributed by atoms with E-state index >= 15 is 0 Å². The summed E-state index contributed by atoms with van der Waals surface area (Å²) in [7, 11) is 0. The third kappa shape index (κ3) is 7.52. The van der Waals surface area contributed by atoms with E-state index in [9.17, 15) is 9.59 Å². The number of carbonyl (C=O) groups excluding carboxylic acids is 2. The van der Waals surface area contributed by atoms with Crippen LogP contribution in [0.25, 0.3) is 0 Å². The second-order valence-corrected chi connectivity index (χ2v) is 8.28. The Bertz CT molecular complexity index is 919. The molecule has 1 aliphatic rings. The molecule has 1 heterocycles. The van der Waals surface area contributed by atoms with Gasteiger partial charge in [-0.1, -0.05) is 66.7 Å². The van der Waals surface area contributed by atoms with Gasteiger partial charge >= 0.3 is 11.9 Å². The van der Waals surface area contributed by atoms with Crippen molar-refractivity contribution in [3.8, 4) is 0 Å². The molecule has 34 heavy (non-hydrogen) atoms. The highest BCUT2D eigenvalue weighted by Gasteiger charge is 2.47. The third-order valence-electron chi connectivity index (χ3n) is 5.66. The highest BCUT2D eigenvalue weighted by molar-refractivity contribution is 5.66. The first-order valence-corrected chi connectivity index (χ1v) is 11.4. The molecular weight excluding hydrogens is 434 g/mol. The van der Waals surface area contributed by atoms with Gasteiger partial charge in [-0.15, -0.1) is 6.58 Å². The highest BCUT2D eigenvalue weighted by atomic mass is 16.6. The Kier molecular flexibility index (Phi) is 9.82. The lowest BCUT2D eigenvalue weighted by molar-refractivity contribution is -0.207. The third-order valence-corrected chi connectivity index (χ3v) is 5.66. The summed E-state index contributed by atoms with van der Waals surface area (Å²) in [6, 6.07) is 19.3. The van der Waals surface area contributed by atoms with Crippen molar-refractivity contribution < 1.29 is 28.5 Å². The minimum absolute atomic E-state index is 0.126. The molecule has 0 saturated carbocycles. The van der Waals surface area contributed by atoms with Crippen LogP contribution in [0.15, 0.2) is 73.3 Å². The van der Waals surface area contributed by atoms with Crippen molar-refractivity contribution in [2.45, 2.75) is 51.4 Å². The number of benzene rings is 2. The second kappa shape index (κ2) is 13.0. The van der Waals surface area contributed by atoms with Crippen LogP contribution in [0.3, 0.4) is 0 Å². The van der Waals surface area contributed by atoms with Crippen molar-refractivity contribution >= 4 is 11.9 Å². The van der Waals surface area contributed by atoms with Gasteiger partial charge in [0, 0.05) is 26.9 Å². The van der Waals surface area contributed by atoms with E-state index < -0.39 is 24.3 Å². The molecule has 2 aromatic carbocycles. The molecule has 1 aliphatic heterocycles. The molecule has 0 unspecified atom stereocenters. The maximum atomic E-state index is 12.0. The lowest BCUT2D eigenvalue weighted by atomic mass is 9.93. The summed E-state index contributed by atoms with van der Waals surface area (Å²) in [6.45, 7) is 8.33. The topological polar surface area (TPSA) is 74.3 Å². The standard InChI is InChI=1S/C27H33NO6/c1-4-15-28-16-25(34-21(3)30)27(33-18-23-13-9-6-10-14-23)26(24(28)19-31-20(2)29)32-17-22-11-7-5-8-12-22/h4-14,24-27H,1,15-19H2,2-3H3/t24-,25+,26+,27+/m0/s1. The molecule has 4 atom stereocenters. The van der Waals surface area contributed by atoms with Crippen LogP contribution in [-0.4, -0.2) is 60.9 Å². The Labute approximate surface area is 201 Å². The van der Waals surface area contributed by atoms with Gasteiger partial charge in [0.1, 0.15) is 24.9 Å². The Morgan fingerprint density at radius 2 is 1.47 bits per heavy atom. The molecule has 2 aromatic rings. The second-order valence-electron chi connectivity index (χ2n) is 8.28. The van der Waals surface area contributed by atoms with E-state index in [0.717, 1.165) is 11.1 Å². The average molecular weight is 468 g/mol. The Balaban J connectivity index is 1.90. The molecule has 0 N–H and O–H groups in total. The smallest absolute Gasteiger partial charge is 0.303 e. The van der Waals surface area contributed by atoms with Gasteiger partial charge in [0.2, 0.25) is 0 Å². The number of esters is 2. The van der Waals surface area contributed by atoms with Crippen molar-refractivity contribution in [3.63, 3.8) is 0 Å². The predicted octanol–water partition coefficient (Wildman–Crippen LogP) is 3.52. The summed E-state index contributed by atoms with van der Waals surface area (Å²) in [5.41, 5.74) is 2.00. The van der Waals surface area contributed by atoms with Gasteiger partial charge in [-0.2, -0.15) is 0 Å². The first kappa shape index (κ1) is 25.6. The molecule has 0 bridgehead atoms. The fourth-order valence-electron chi connectivity index (χ4n) is 4.15. The zero-order valence-electron chi connectivity index (χ0n) is 19.8. The number of hydrogen-bond acceptors (Lipinski definition) is 7. The van der Waals surface area contributed by atoms with Crippen LogP contribution in [-0.2, 0) is 41.8 Å². The fraction of sp³-hybridized carbons (Fsp3) is 0.407. The van der Waals surface area contributed by atoms with Crippen LogP contribution in [0.4, 0.5) is 0 Å². The van der Waals surface area contributed by atoms with E-state index in [1.165, 1.54) is 13.8 Å². The van der Waals surface area contributed by atoms with Crippen molar-refractivity contribution in [3.05, 3.63) is 84.4 Å². The summed E-state index contributed by atoms with van der Waals surface area (Å²) in [4.78, 5) is 25.6. The fourth-order valence-corrected chi connectivity index (χ4v) is 4.15. The van der Waals surface area contributed by atoms with Crippen LogP contribution < -0.4 is 0 Å². The molecule has 182 valence electrons. The number of ether oxygens (including phenoxy) is 4. The van der Waals surface area contributed by atoms with Crippen LogP contribution in [0, 0.1) is 0 Å². The summed E-state index contributed by atoms with van der Waals surface area (Å²) >= 11 is 0. The molecule has 0 radical (unpaired) electrons. The largest absolute Gasteiger partial charge is 0.464 e. The monoisotopic (exact) mass is 467 g/mol. The molecule has 0 aromatic heterocycles. The van der Waals surface area contributed by atoms with Crippen molar-refractivity contribution in [1.29, 1.82) is 0 Å². The number of hydrogen-bond donors (Lipinski definition) is 0. The van der Waals surface area contributed by atoms with Gasteiger partial charge < -0.3 is 18.9 Å². The van der Waals surface area contributed by atoms with Crippen molar-refractivity contribution in [2.24, 2.45) is 0 Å². The van der Waals surface area contributed by atoms with Crippen LogP contribution in [0.1, 0.15) is 25.0 Å². The van der Waals surface area contributed by atoms with Gasteiger partial charge in [0.15, 0.2) is 0 Å². The molecule has 1 fully saturated rings. The van der Waals surface area contributed by atoms with E-state index in [4.69, 9.17) is 18.9 Å². The molecule has 3 rings (SSSR count). The molecule has 0 amide bonds. The van der Waals surface area contributed by atoms with Gasteiger partial charge in [0.05, 0.1) is 19.3 Å². The predicted molar refractivity (Wildman–Crippen MR) is 128 cm³/mol. The van der Waals surface area contributed by atoms with Gasteiger partial charge in [-0.3, -0.25) is 14.5 Å². The Hall–Kier alpha value is -3.00. The highest BCUT2D eigenvalue weighted by Crippen LogP contribution is 2.28. The van der Waals surface area contributed by atoms with Crippen LogP contribution >= 0.6 is 0 Å². The minimum atomic E-state index is -0.561. The lowest BCUT2D eigenvalue weighted by Crippen LogP contribution is -2.64. The van der Waals surface area contributed by atoms with Crippen LogP contribution in [0.2, 0.25) is 0 Å². The molecule has 7 heteroatoms. The van der Waals surface area contributed by atoms with Crippen molar-refractivity contribution in [1.82, 2.24) is 4.90 Å². The lowest BCUT2D eigenvalue weighted by Gasteiger charge is -2.47. The zero-order chi connectivity index (χ0) is 24.3. The molecule has 7 nitrogen and oxygen atoms in total. The minimum Gasteiger partial charge on any atom is -0.464 e. The molecule has 0 aliphatic carbocycles. The zero-order valence-corrected chi connectivity index (χ0v) is 19.8. The molecule has 0 spiro atoms. The Morgan fingerprint density at radius 1 is 0.912 bits per heavy atom. The summed E-state index contributed by atoms with van der Waals surface area (Å²) in [5, 5.41) is 0. The number of nitrogens with zero attached hydrogens (tertiary/aromatic N) is 1. The summed E-state index contributed by atoms with van der Waals surface area (Å²) in [5.74, 6) is -0.763. The number of carbonyl (C=O) groups is 2. The maximum absolute atomic E-state index is 12.0. The number of rotatable bonds is 11. The van der Waals surface area contributed by atoms with Crippen LogP contribution in [0.5, 0.6) is 0 Å². The summed E-state index contributed by atoms with van der Waals surface area (Å²) < 4.78 is 23.9. The maximum Gasteiger partial charge on any atom is 0.303 e. The summed E-state index contributed by atoms with van der Waals surface area (Å²) in [6.07, 6.45) is 0.122. The van der Waals surface area contributed by atoms with E-state index in [-0.39, 0.29) is 18.6 Å². The average Bonchev–Trinajstić information content (AvgIpc) is 2.82. The Morgan fingerprint density at radius 3 is 1.97 bits per heavy atom. The van der Waals surface area contributed by atoms with Gasteiger partial charge in [0.25, 0.3) is 0 Å². The van der Waals surface area contributed by atoms with E-state index in [1.54, 1.807) is 6.08 Å². The molecular formula is C27H33NO6. The molecule has 1 saturated heterocycles.